The van der Waals surface area contributed by atoms with Crippen molar-refractivity contribution in [3.8, 4) is 22.8 Å². The highest BCUT2D eigenvalue weighted by Crippen LogP contribution is 2.42. The number of benzene rings is 1. The van der Waals surface area contributed by atoms with E-state index in [-0.39, 0.29) is 27.4 Å². The highest BCUT2D eigenvalue weighted by Gasteiger charge is 2.23. The molecule has 6 nitrogen and oxygen atoms in total. The Bertz CT molecular complexity index is 670. The average molecular weight is 346 g/mol. The van der Waals surface area contributed by atoms with Crippen LogP contribution >= 0.6 is 15.9 Å². The lowest BCUT2D eigenvalue weighted by Gasteiger charge is -2.13. The third kappa shape index (κ3) is 2.34. The number of carboxylic acids is 1. The molecule has 0 aliphatic rings. The predicted molar refractivity (Wildman–Crippen MR) is 69.7 cm³/mol. The minimum atomic E-state index is -1.25. The van der Waals surface area contributed by atoms with Crippen LogP contribution in [-0.2, 0) is 0 Å². The fourth-order valence-electron chi connectivity index (χ4n) is 1.66. The predicted octanol–water partition coefficient (Wildman–Crippen LogP) is 2.96. The fourth-order valence-corrected chi connectivity index (χ4v) is 2.07. The summed E-state index contributed by atoms with van der Waals surface area (Å²) in [5.41, 5.74) is 0.534. The van der Waals surface area contributed by atoms with Crippen LogP contribution in [0.15, 0.2) is 21.1 Å². The normalized spacial score (nSPS) is 10.4. The van der Waals surface area contributed by atoms with Crippen molar-refractivity contribution in [2.45, 2.75) is 0 Å². The number of methoxy groups -OCH3 is 2. The van der Waals surface area contributed by atoms with Crippen LogP contribution in [0, 0.1) is 5.82 Å². The molecule has 0 bridgehead atoms. The number of ether oxygens (including phenoxy) is 2. The minimum absolute atomic E-state index is 0.0958. The average Bonchev–Trinajstić information content (AvgIpc) is 2.90. The van der Waals surface area contributed by atoms with E-state index in [1.807, 2.05) is 0 Å². The largest absolute Gasteiger partial charge is 0.492 e. The maximum Gasteiger partial charge on any atom is 0.374 e. The molecule has 2 aromatic rings. The van der Waals surface area contributed by atoms with Gasteiger partial charge in [0.05, 0.1) is 24.3 Å². The van der Waals surface area contributed by atoms with Crippen molar-refractivity contribution in [2.24, 2.45) is 0 Å². The molecule has 0 aliphatic heterocycles. The van der Waals surface area contributed by atoms with Gasteiger partial charge in [0.1, 0.15) is 5.69 Å². The van der Waals surface area contributed by atoms with E-state index in [0.717, 1.165) is 0 Å². The molecule has 2 rings (SSSR count). The summed E-state index contributed by atoms with van der Waals surface area (Å²) in [5.74, 6) is -2.23. The van der Waals surface area contributed by atoms with Gasteiger partial charge in [-0.05, 0) is 22.0 Å². The monoisotopic (exact) mass is 345 g/mol. The fraction of sp³-hybridized carbons (Fsp3) is 0.167. The molecule has 0 saturated heterocycles. The Morgan fingerprint density at radius 2 is 2.00 bits per heavy atom. The quantitative estimate of drug-likeness (QED) is 0.917. The first kappa shape index (κ1) is 14.3. The zero-order chi connectivity index (χ0) is 14.9. The van der Waals surface area contributed by atoms with Gasteiger partial charge in [-0.3, -0.25) is 0 Å². The number of hydrogen-bond acceptors (Lipinski definition) is 5. The number of rotatable bonds is 4. The van der Waals surface area contributed by atoms with Crippen LogP contribution in [0.5, 0.6) is 11.5 Å². The Morgan fingerprint density at radius 1 is 1.35 bits per heavy atom. The molecule has 1 heterocycles. The van der Waals surface area contributed by atoms with E-state index in [2.05, 4.69) is 25.6 Å². The first-order valence-electron chi connectivity index (χ1n) is 5.30. The molecule has 1 aromatic carbocycles. The summed E-state index contributed by atoms with van der Waals surface area (Å²) in [6.07, 6.45) is 0. The first-order chi connectivity index (χ1) is 9.49. The zero-order valence-electron chi connectivity index (χ0n) is 10.4. The molecular formula is C12H9BrFNO5. The van der Waals surface area contributed by atoms with Crippen molar-refractivity contribution in [1.29, 1.82) is 0 Å². The van der Waals surface area contributed by atoms with Gasteiger partial charge in [0, 0.05) is 6.07 Å². The van der Waals surface area contributed by atoms with Crippen molar-refractivity contribution in [3.63, 3.8) is 0 Å². The molecule has 0 amide bonds. The van der Waals surface area contributed by atoms with Crippen LogP contribution in [-0.4, -0.2) is 30.5 Å². The summed E-state index contributed by atoms with van der Waals surface area (Å²) in [4.78, 5) is 10.8. The van der Waals surface area contributed by atoms with Gasteiger partial charge < -0.3 is 19.1 Å². The second-order valence-corrected chi connectivity index (χ2v) is 4.52. The summed E-state index contributed by atoms with van der Waals surface area (Å²) >= 11 is 3.05. The number of aromatic nitrogens is 1. The molecule has 0 saturated carbocycles. The minimum Gasteiger partial charge on any atom is -0.492 e. The lowest BCUT2D eigenvalue weighted by atomic mass is 10.1. The summed E-state index contributed by atoms with van der Waals surface area (Å²) in [6.45, 7) is 0. The molecule has 8 heteroatoms. The van der Waals surface area contributed by atoms with Crippen molar-refractivity contribution >= 4 is 21.9 Å². The van der Waals surface area contributed by atoms with Crippen LogP contribution in [0.2, 0.25) is 0 Å². The molecule has 1 N–H and O–H groups in total. The van der Waals surface area contributed by atoms with E-state index in [9.17, 15) is 9.18 Å². The molecule has 106 valence electrons. The highest BCUT2D eigenvalue weighted by molar-refractivity contribution is 9.10. The van der Waals surface area contributed by atoms with E-state index in [1.54, 1.807) is 0 Å². The Kier molecular flexibility index (Phi) is 3.93. The molecule has 20 heavy (non-hydrogen) atoms. The number of hydrogen-bond donors (Lipinski definition) is 1. The molecule has 0 unspecified atom stereocenters. The summed E-state index contributed by atoms with van der Waals surface area (Å²) in [7, 11) is 2.63. The Morgan fingerprint density at radius 3 is 2.50 bits per heavy atom. The molecule has 0 aliphatic carbocycles. The second-order valence-electron chi connectivity index (χ2n) is 3.67. The van der Waals surface area contributed by atoms with E-state index in [1.165, 1.54) is 26.4 Å². The van der Waals surface area contributed by atoms with Crippen LogP contribution in [0.3, 0.4) is 0 Å². The second kappa shape index (κ2) is 5.49. The third-order valence-corrected chi connectivity index (χ3v) is 3.11. The van der Waals surface area contributed by atoms with Gasteiger partial charge in [0.2, 0.25) is 5.76 Å². The first-order valence-corrected chi connectivity index (χ1v) is 6.09. The lowest BCUT2D eigenvalue weighted by Crippen LogP contribution is -1.97. The van der Waals surface area contributed by atoms with Crippen molar-refractivity contribution < 1.29 is 28.3 Å². The number of carbonyl (C=O) groups is 1. The third-order valence-electron chi connectivity index (χ3n) is 2.54. The van der Waals surface area contributed by atoms with Gasteiger partial charge in [-0.25, -0.2) is 9.18 Å². The lowest BCUT2D eigenvalue weighted by molar-refractivity contribution is 0.0652. The van der Waals surface area contributed by atoms with Crippen molar-refractivity contribution in [3.05, 3.63) is 28.2 Å². The number of carboxylic acid groups (broad SMARTS) is 1. The molecule has 0 atom stereocenters. The van der Waals surface area contributed by atoms with Gasteiger partial charge in [0.25, 0.3) is 0 Å². The molecule has 0 radical (unpaired) electrons. The number of aromatic carboxylic acids is 1. The van der Waals surface area contributed by atoms with Crippen LogP contribution in [0.1, 0.15) is 10.6 Å². The van der Waals surface area contributed by atoms with Gasteiger partial charge in [0.15, 0.2) is 17.3 Å². The van der Waals surface area contributed by atoms with Gasteiger partial charge in [-0.1, -0.05) is 5.16 Å². The van der Waals surface area contributed by atoms with Crippen LogP contribution in [0.4, 0.5) is 4.39 Å². The molecule has 0 fully saturated rings. The maximum absolute atomic E-state index is 13.9. The Balaban J connectivity index is 2.66. The highest BCUT2D eigenvalue weighted by atomic mass is 79.9. The smallest absolute Gasteiger partial charge is 0.374 e. The van der Waals surface area contributed by atoms with Crippen molar-refractivity contribution in [2.75, 3.05) is 14.2 Å². The number of nitrogens with zero attached hydrogens (tertiary/aromatic N) is 1. The topological polar surface area (TPSA) is 81.8 Å². The molecule has 1 aromatic heterocycles. The molecular weight excluding hydrogens is 337 g/mol. The summed E-state index contributed by atoms with van der Waals surface area (Å²) in [6, 6.07) is 2.62. The van der Waals surface area contributed by atoms with Gasteiger partial charge >= 0.3 is 5.97 Å². The van der Waals surface area contributed by atoms with Gasteiger partial charge in [-0.15, -0.1) is 0 Å². The molecule has 0 spiro atoms. The SMILES string of the molecule is COc1c(-c2cc(C(=O)O)on2)cc(Br)c(F)c1OC. The van der Waals surface area contributed by atoms with Crippen molar-refractivity contribution in [1.82, 2.24) is 5.16 Å². The standard InChI is InChI=1S/C12H9BrFNO5/c1-18-10-5(3-6(13)9(14)11(10)19-2)7-4-8(12(16)17)20-15-7/h3-4H,1-2H3,(H,16,17). The number of halogens is 2. The summed E-state index contributed by atoms with van der Waals surface area (Å²) < 4.78 is 28.8. The van der Waals surface area contributed by atoms with E-state index >= 15 is 0 Å². The van der Waals surface area contributed by atoms with E-state index < -0.39 is 11.8 Å². The Hall–Kier alpha value is -2.09. The zero-order valence-corrected chi connectivity index (χ0v) is 12.0. The van der Waals surface area contributed by atoms with Crippen LogP contribution in [0.25, 0.3) is 11.3 Å². The van der Waals surface area contributed by atoms with E-state index in [0.29, 0.717) is 5.56 Å². The Labute approximate surface area is 121 Å². The summed E-state index contributed by atoms with van der Waals surface area (Å²) in [5, 5.41) is 12.4. The van der Waals surface area contributed by atoms with E-state index in [4.69, 9.17) is 14.6 Å². The van der Waals surface area contributed by atoms with Crippen LogP contribution < -0.4 is 9.47 Å². The maximum atomic E-state index is 13.9. The van der Waals surface area contributed by atoms with Gasteiger partial charge in [-0.2, -0.15) is 0 Å².